The van der Waals surface area contributed by atoms with E-state index in [4.69, 9.17) is 4.74 Å². The van der Waals surface area contributed by atoms with Crippen LogP contribution in [0.1, 0.15) is 32.8 Å². The van der Waals surface area contributed by atoms with Gasteiger partial charge in [-0.25, -0.2) is 0 Å². The molecule has 5 heteroatoms. The molecule has 0 aliphatic carbocycles. The molecular formula is C20H31N3O2. The Morgan fingerprint density at radius 3 is 2.88 bits per heavy atom. The van der Waals surface area contributed by atoms with Crippen LogP contribution in [0.15, 0.2) is 36.9 Å². The Bertz CT molecular complexity index is 574. The monoisotopic (exact) mass is 345 g/mol. The number of carbonyl (C=O) groups excluding carboxylic acids is 1. The average Bonchev–Trinajstić information content (AvgIpc) is 3.04. The zero-order chi connectivity index (χ0) is 18.2. The van der Waals surface area contributed by atoms with Crippen LogP contribution >= 0.6 is 0 Å². The molecule has 0 saturated carbocycles. The summed E-state index contributed by atoms with van der Waals surface area (Å²) < 4.78 is 5.72. The number of likely N-dealkylation sites (tertiary alicyclic amines) is 1. The standard InChI is InChI=1S/C20H31N3O2/c1-5-11-25-19-10-8-7-9-16(19)13-22-17-12-18(20(24)21-6-2)23(14-17)15(3)4/h5,7-10,15,17-18,22H,1,6,11-14H2,2-4H3,(H,21,24)/t17-,18-/m0/s1. The van der Waals surface area contributed by atoms with Gasteiger partial charge in [0.15, 0.2) is 0 Å². The first-order valence-corrected chi connectivity index (χ1v) is 9.15. The largest absolute Gasteiger partial charge is 0.489 e. The lowest BCUT2D eigenvalue weighted by Gasteiger charge is -2.27. The summed E-state index contributed by atoms with van der Waals surface area (Å²) in [7, 11) is 0. The molecule has 1 heterocycles. The van der Waals surface area contributed by atoms with E-state index in [0.29, 0.717) is 25.2 Å². The van der Waals surface area contributed by atoms with Crippen molar-refractivity contribution in [3.8, 4) is 5.75 Å². The topological polar surface area (TPSA) is 53.6 Å². The minimum Gasteiger partial charge on any atom is -0.489 e. The van der Waals surface area contributed by atoms with Crippen LogP contribution in [-0.4, -0.2) is 48.6 Å². The molecule has 0 aromatic heterocycles. The number of amides is 1. The third kappa shape index (κ3) is 5.31. The van der Waals surface area contributed by atoms with Crippen LogP contribution in [0.3, 0.4) is 0 Å². The van der Waals surface area contributed by atoms with Gasteiger partial charge in [-0.1, -0.05) is 30.9 Å². The minimum atomic E-state index is -0.0512. The average molecular weight is 345 g/mol. The molecule has 2 atom stereocenters. The summed E-state index contributed by atoms with van der Waals surface area (Å²) in [6.45, 7) is 12.7. The molecule has 25 heavy (non-hydrogen) atoms. The van der Waals surface area contributed by atoms with E-state index in [1.807, 2.05) is 25.1 Å². The molecule has 1 aromatic carbocycles. The highest BCUT2D eigenvalue weighted by atomic mass is 16.5. The maximum atomic E-state index is 12.3. The first-order valence-electron chi connectivity index (χ1n) is 9.15. The van der Waals surface area contributed by atoms with Crippen LogP contribution in [0.5, 0.6) is 5.75 Å². The van der Waals surface area contributed by atoms with Crippen LogP contribution in [0.2, 0.25) is 0 Å². The first-order chi connectivity index (χ1) is 12.1. The lowest BCUT2D eigenvalue weighted by atomic mass is 10.1. The maximum absolute atomic E-state index is 12.3. The summed E-state index contributed by atoms with van der Waals surface area (Å²) in [5.41, 5.74) is 1.13. The number of hydrogen-bond acceptors (Lipinski definition) is 4. The molecule has 5 nitrogen and oxygen atoms in total. The molecule has 1 fully saturated rings. The highest BCUT2D eigenvalue weighted by Gasteiger charge is 2.37. The second kappa shape index (κ2) is 9.59. The van der Waals surface area contributed by atoms with Crippen molar-refractivity contribution in [3.05, 3.63) is 42.5 Å². The molecule has 2 rings (SSSR count). The van der Waals surface area contributed by atoms with E-state index in [1.54, 1.807) is 6.08 Å². The third-order valence-electron chi connectivity index (χ3n) is 4.57. The van der Waals surface area contributed by atoms with Crippen molar-refractivity contribution >= 4 is 5.91 Å². The summed E-state index contributed by atoms with van der Waals surface area (Å²) >= 11 is 0. The summed E-state index contributed by atoms with van der Waals surface area (Å²) in [4.78, 5) is 14.6. The maximum Gasteiger partial charge on any atom is 0.237 e. The normalized spacial score (nSPS) is 20.6. The van der Waals surface area contributed by atoms with Gasteiger partial charge in [0.2, 0.25) is 5.91 Å². The number of ether oxygens (including phenoxy) is 1. The highest BCUT2D eigenvalue weighted by molar-refractivity contribution is 5.82. The van der Waals surface area contributed by atoms with Gasteiger partial charge in [0.1, 0.15) is 12.4 Å². The number of carbonyl (C=O) groups is 1. The van der Waals surface area contributed by atoms with E-state index in [2.05, 4.69) is 42.0 Å². The Morgan fingerprint density at radius 1 is 1.44 bits per heavy atom. The number of benzene rings is 1. The van der Waals surface area contributed by atoms with E-state index in [-0.39, 0.29) is 11.9 Å². The van der Waals surface area contributed by atoms with E-state index in [1.165, 1.54) is 0 Å². The van der Waals surface area contributed by atoms with Gasteiger partial charge in [-0.15, -0.1) is 0 Å². The smallest absolute Gasteiger partial charge is 0.237 e. The number of likely N-dealkylation sites (N-methyl/N-ethyl adjacent to an activating group) is 1. The Balaban J connectivity index is 1.97. The van der Waals surface area contributed by atoms with Gasteiger partial charge in [0.25, 0.3) is 0 Å². The number of rotatable bonds is 9. The van der Waals surface area contributed by atoms with Crippen molar-refractivity contribution in [2.75, 3.05) is 19.7 Å². The Kier molecular flexibility index (Phi) is 7.47. The van der Waals surface area contributed by atoms with E-state index in [9.17, 15) is 4.79 Å². The minimum absolute atomic E-state index is 0.0512. The van der Waals surface area contributed by atoms with Crippen LogP contribution in [0.4, 0.5) is 0 Å². The molecule has 2 N–H and O–H groups in total. The molecule has 1 aromatic rings. The lowest BCUT2D eigenvalue weighted by molar-refractivity contribution is -0.125. The van der Waals surface area contributed by atoms with Gasteiger partial charge in [0, 0.05) is 37.3 Å². The SMILES string of the molecule is C=CCOc1ccccc1CN[C@H]1C[C@@H](C(=O)NCC)N(C(C)C)C1. The van der Waals surface area contributed by atoms with Crippen LogP contribution in [-0.2, 0) is 11.3 Å². The fraction of sp³-hybridized carbons (Fsp3) is 0.550. The quantitative estimate of drug-likeness (QED) is 0.675. The van der Waals surface area contributed by atoms with E-state index < -0.39 is 0 Å². The molecule has 1 amide bonds. The molecule has 0 bridgehead atoms. The number of para-hydroxylation sites is 1. The Labute approximate surface area is 151 Å². The Morgan fingerprint density at radius 2 is 2.20 bits per heavy atom. The van der Waals surface area contributed by atoms with E-state index >= 15 is 0 Å². The zero-order valence-electron chi connectivity index (χ0n) is 15.6. The van der Waals surface area contributed by atoms with Crippen LogP contribution < -0.4 is 15.4 Å². The van der Waals surface area contributed by atoms with Gasteiger partial charge < -0.3 is 15.4 Å². The van der Waals surface area contributed by atoms with Crippen molar-refractivity contribution < 1.29 is 9.53 Å². The summed E-state index contributed by atoms with van der Waals surface area (Å²) in [6.07, 6.45) is 2.58. The molecule has 0 spiro atoms. The summed E-state index contributed by atoms with van der Waals surface area (Å²) in [5, 5.41) is 6.56. The molecule has 1 saturated heterocycles. The zero-order valence-corrected chi connectivity index (χ0v) is 15.6. The predicted molar refractivity (Wildman–Crippen MR) is 102 cm³/mol. The third-order valence-corrected chi connectivity index (χ3v) is 4.57. The number of nitrogens with zero attached hydrogens (tertiary/aromatic N) is 1. The molecule has 138 valence electrons. The summed E-state index contributed by atoms with van der Waals surface area (Å²) in [5.74, 6) is 1.02. The van der Waals surface area contributed by atoms with Crippen molar-refractivity contribution in [3.63, 3.8) is 0 Å². The molecule has 0 unspecified atom stereocenters. The Hall–Kier alpha value is -1.85. The van der Waals surface area contributed by atoms with E-state index in [0.717, 1.165) is 30.8 Å². The fourth-order valence-corrected chi connectivity index (χ4v) is 3.32. The molecular weight excluding hydrogens is 314 g/mol. The second-order valence-electron chi connectivity index (χ2n) is 6.72. The van der Waals surface area contributed by atoms with Gasteiger partial charge in [-0.05, 0) is 33.3 Å². The van der Waals surface area contributed by atoms with Crippen LogP contribution in [0, 0.1) is 0 Å². The van der Waals surface area contributed by atoms with Crippen molar-refractivity contribution in [2.24, 2.45) is 0 Å². The fourth-order valence-electron chi connectivity index (χ4n) is 3.32. The van der Waals surface area contributed by atoms with Crippen molar-refractivity contribution in [1.29, 1.82) is 0 Å². The number of hydrogen-bond donors (Lipinski definition) is 2. The first kappa shape index (κ1) is 19.5. The molecule has 0 radical (unpaired) electrons. The van der Waals surface area contributed by atoms with Gasteiger partial charge in [-0.2, -0.15) is 0 Å². The predicted octanol–water partition coefficient (Wildman–Crippen LogP) is 2.33. The molecule has 1 aliphatic heterocycles. The van der Waals surface area contributed by atoms with Gasteiger partial charge in [-0.3, -0.25) is 9.69 Å². The number of nitrogens with one attached hydrogen (secondary N) is 2. The molecule has 1 aliphatic rings. The van der Waals surface area contributed by atoms with Crippen LogP contribution in [0.25, 0.3) is 0 Å². The van der Waals surface area contributed by atoms with Crippen molar-refractivity contribution in [1.82, 2.24) is 15.5 Å². The lowest BCUT2D eigenvalue weighted by Crippen LogP contribution is -2.46. The van der Waals surface area contributed by atoms with Gasteiger partial charge in [0.05, 0.1) is 6.04 Å². The van der Waals surface area contributed by atoms with Gasteiger partial charge >= 0.3 is 0 Å². The summed E-state index contributed by atoms with van der Waals surface area (Å²) in [6, 6.07) is 8.64. The highest BCUT2D eigenvalue weighted by Crippen LogP contribution is 2.23. The van der Waals surface area contributed by atoms with Crippen molar-refractivity contribution in [2.45, 2.75) is 51.9 Å². The second-order valence-corrected chi connectivity index (χ2v) is 6.72.